The van der Waals surface area contributed by atoms with Crippen LogP contribution in [0.3, 0.4) is 0 Å². The van der Waals surface area contributed by atoms with Gasteiger partial charge in [-0.2, -0.15) is 0 Å². The van der Waals surface area contributed by atoms with Crippen molar-refractivity contribution in [3.8, 4) is 0 Å². The van der Waals surface area contributed by atoms with Gasteiger partial charge in [0.05, 0.1) is 0 Å². The van der Waals surface area contributed by atoms with Crippen LogP contribution in [0.2, 0.25) is 0 Å². The molecule has 100 valence electrons. The topological polar surface area (TPSA) is 105 Å². The summed E-state index contributed by atoms with van der Waals surface area (Å²) in [6.07, 6.45) is -0.199. The summed E-state index contributed by atoms with van der Waals surface area (Å²) in [5.74, 6) is -0.502. The van der Waals surface area contributed by atoms with Crippen molar-refractivity contribution < 1.29 is 19.1 Å². The van der Waals surface area contributed by atoms with Crippen molar-refractivity contribution in [1.82, 2.24) is 4.90 Å². The molecule has 0 radical (unpaired) electrons. The van der Waals surface area contributed by atoms with Crippen LogP contribution in [0.5, 0.6) is 0 Å². The molecular formula is C10H16N4O4. The third-order valence-electron chi connectivity index (χ3n) is 2.54. The van der Waals surface area contributed by atoms with Gasteiger partial charge >= 0.3 is 12.1 Å². The standard InChI is InChI=1S/C10H16N4O4/c1-7(15)17-8(2)18-10(16)14-5-3-9(4-6-14)12-13-11/h8-9H,3-6H2,1-2H3. The van der Waals surface area contributed by atoms with E-state index in [1.54, 1.807) is 0 Å². The molecule has 1 aliphatic rings. The Bertz CT molecular complexity index is 359. The van der Waals surface area contributed by atoms with Crippen LogP contribution in [-0.4, -0.2) is 42.4 Å². The minimum Gasteiger partial charge on any atom is -0.426 e. The van der Waals surface area contributed by atoms with Crippen LogP contribution < -0.4 is 0 Å². The molecule has 0 aromatic heterocycles. The number of nitrogens with zero attached hydrogens (tertiary/aromatic N) is 4. The Morgan fingerprint density at radius 2 is 2.00 bits per heavy atom. The third-order valence-corrected chi connectivity index (χ3v) is 2.54. The van der Waals surface area contributed by atoms with E-state index in [1.165, 1.54) is 18.7 Å². The molecule has 0 aromatic carbocycles. The van der Waals surface area contributed by atoms with Gasteiger partial charge in [-0.25, -0.2) is 4.79 Å². The first-order valence-electron chi connectivity index (χ1n) is 5.70. The first kappa shape index (κ1) is 14.1. The predicted molar refractivity (Wildman–Crippen MR) is 61.5 cm³/mol. The lowest BCUT2D eigenvalue weighted by Gasteiger charge is -2.29. The van der Waals surface area contributed by atoms with Crippen molar-refractivity contribution in [2.45, 2.75) is 39.0 Å². The summed E-state index contributed by atoms with van der Waals surface area (Å²) >= 11 is 0. The summed E-state index contributed by atoms with van der Waals surface area (Å²) in [7, 11) is 0. The highest BCUT2D eigenvalue weighted by Crippen LogP contribution is 2.15. The lowest BCUT2D eigenvalue weighted by Crippen LogP contribution is -2.41. The molecule has 1 amide bonds. The molecule has 0 aliphatic carbocycles. The molecule has 8 nitrogen and oxygen atoms in total. The van der Waals surface area contributed by atoms with Gasteiger partial charge in [0, 0.05) is 37.9 Å². The van der Waals surface area contributed by atoms with Crippen molar-refractivity contribution in [2.24, 2.45) is 5.11 Å². The van der Waals surface area contributed by atoms with Crippen LogP contribution in [0.1, 0.15) is 26.7 Å². The first-order valence-corrected chi connectivity index (χ1v) is 5.70. The first-order chi connectivity index (χ1) is 8.52. The largest absolute Gasteiger partial charge is 0.426 e. The molecule has 0 spiro atoms. The monoisotopic (exact) mass is 256 g/mol. The molecule has 1 rings (SSSR count). The summed E-state index contributed by atoms with van der Waals surface area (Å²) < 4.78 is 9.63. The van der Waals surface area contributed by atoms with Crippen molar-refractivity contribution in [3.05, 3.63) is 10.4 Å². The van der Waals surface area contributed by atoms with Gasteiger partial charge in [0.1, 0.15) is 0 Å². The van der Waals surface area contributed by atoms with Crippen LogP contribution >= 0.6 is 0 Å². The van der Waals surface area contributed by atoms with E-state index in [-0.39, 0.29) is 6.04 Å². The van der Waals surface area contributed by atoms with E-state index in [0.29, 0.717) is 25.9 Å². The van der Waals surface area contributed by atoms with Crippen LogP contribution in [0.4, 0.5) is 4.79 Å². The second-order valence-corrected chi connectivity index (χ2v) is 3.98. The molecular weight excluding hydrogens is 240 g/mol. The molecule has 8 heteroatoms. The van der Waals surface area contributed by atoms with E-state index < -0.39 is 18.4 Å². The fraction of sp³-hybridized carbons (Fsp3) is 0.800. The zero-order chi connectivity index (χ0) is 13.5. The van der Waals surface area contributed by atoms with Gasteiger partial charge in [-0.15, -0.1) is 0 Å². The molecule has 1 heterocycles. The molecule has 1 atom stereocenters. The number of esters is 1. The van der Waals surface area contributed by atoms with Crippen LogP contribution in [0.15, 0.2) is 5.11 Å². The number of hydrogen-bond acceptors (Lipinski definition) is 5. The smallest absolute Gasteiger partial charge is 0.412 e. The lowest BCUT2D eigenvalue weighted by molar-refractivity contribution is -0.163. The maximum absolute atomic E-state index is 11.7. The molecule has 1 unspecified atom stereocenters. The van der Waals surface area contributed by atoms with Crippen molar-refractivity contribution >= 4 is 12.1 Å². The second kappa shape index (κ2) is 6.70. The Hall–Kier alpha value is -1.95. The molecule has 18 heavy (non-hydrogen) atoms. The third kappa shape index (κ3) is 4.50. The molecule has 1 aliphatic heterocycles. The maximum Gasteiger partial charge on any atom is 0.412 e. The normalized spacial score (nSPS) is 17.6. The van der Waals surface area contributed by atoms with E-state index in [2.05, 4.69) is 10.0 Å². The highest BCUT2D eigenvalue weighted by Gasteiger charge is 2.24. The molecule has 0 bridgehead atoms. The van der Waals surface area contributed by atoms with Gasteiger partial charge in [0.25, 0.3) is 0 Å². The van der Waals surface area contributed by atoms with Crippen LogP contribution in [0.25, 0.3) is 10.4 Å². The fourth-order valence-corrected chi connectivity index (χ4v) is 1.71. The molecule has 0 saturated carbocycles. The minimum atomic E-state index is -0.898. The van der Waals surface area contributed by atoms with E-state index in [4.69, 9.17) is 15.0 Å². The Kier molecular flexibility index (Phi) is 5.26. The summed E-state index contributed by atoms with van der Waals surface area (Å²) in [6.45, 7) is 3.66. The highest BCUT2D eigenvalue weighted by molar-refractivity contribution is 5.69. The number of hydrogen-bond donors (Lipinski definition) is 0. The van der Waals surface area contributed by atoms with Gasteiger partial charge < -0.3 is 14.4 Å². The number of piperidine rings is 1. The summed E-state index contributed by atoms with van der Waals surface area (Å²) in [5.41, 5.74) is 8.30. The number of carbonyl (C=O) groups is 2. The van der Waals surface area contributed by atoms with Gasteiger partial charge in [-0.1, -0.05) is 5.11 Å². The summed E-state index contributed by atoms with van der Waals surface area (Å²) in [6, 6.07) is -0.0649. The predicted octanol–water partition coefficient (Wildman–Crippen LogP) is 1.81. The Morgan fingerprint density at radius 3 is 2.50 bits per heavy atom. The van der Waals surface area contributed by atoms with Crippen molar-refractivity contribution in [2.75, 3.05) is 13.1 Å². The zero-order valence-electron chi connectivity index (χ0n) is 10.4. The van der Waals surface area contributed by atoms with Gasteiger partial charge in [0.15, 0.2) is 0 Å². The number of carbonyl (C=O) groups excluding carboxylic acids is 2. The van der Waals surface area contributed by atoms with Crippen molar-refractivity contribution in [1.29, 1.82) is 0 Å². The second-order valence-electron chi connectivity index (χ2n) is 3.98. The SMILES string of the molecule is CC(=O)OC(C)OC(=O)N1CCC(N=[N+]=[N-])CC1. The summed E-state index contributed by atoms with van der Waals surface area (Å²) in [5, 5.41) is 3.61. The molecule has 0 aromatic rings. The lowest BCUT2D eigenvalue weighted by atomic mass is 10.1. The zero-order valence-corrected chi connectivity index (χ0v) is 10.4. The average molecular weight is 256 g/mol. The fourth-order valence-electron chi connectivity index (χ4n) is 1.71. The maximum atomic E-state index is 11.7. The number of amides is 1. The highest BCUT2D eigenvalue weighted by atomic mass is 16.7. The Morgan fingerprint density at radius 1 is 1.39 bits per heavy atom. The molecule has 1 saturated heterocycles. The van der Waals surface area contributed by atoms with E-state index in [1.807, 2.05) is 0 Å². The van der Waals surface area contributed by atoms with Crippen LogP contribution in [0, 0.1) is 0 Å². The van der Waals surface area contributed by atoms with E-state index in [0.717, 1.165) is 0 Å². The quantitative estimate of drug-likeness (QED) is 0.252. The Balaban J connectivity index is 2.36. The molecule has 0 N–H and O–H groups in total. The van der Waals surface area contributed by atoms with Gasteiger partial charge in [-0.05, 0) is 18.4 Å². The van der Waals surface area contributed by atoms with Gasteiger partial charge in [-0.3, -0.25) is 4.79 Å². The number of ether oxygens (including phenoxy) is 2. The Labute approximate surface area is 104 Å². The van der Waals surface area contributed by atoms with E-state index in [9.17, 15) is 9.59 Å². The van der Waals surface area contributed by atoms with Crippen molar-refractivity contribution in [3.63, 3.8) is 0 Å². The van der Waals surface area contributed by atoms with Crippen LogP contribution in [-0.2, 0) is 14.3 Å². The van der Waals surface area contributed by atoms with Gasteiger partial charge in [0.2, 0.25) is 6.29 Å². The summed E-state index contributed by atoms with van der Waals surface area (Å²) in [4.78, 5) is 26.6. The number of rotatable bonds is 3. The van der Waals surface area contributed by atoms with E-state index >= 15 is 0 Å². The molecule has 1 fully saturated rings. The number of azide groups is 1. The average Bonchev–Trinajstić information content (AvgIpc) is 2.29. The number of likely N-dealkylation sites (tertiary alicyclic amines) is 1. The minimum absolute atomic E-state index is 0.0649.